The van der Waals surface area contributed by atoms with Crippen molar-refractivity contribution in [2.45, 2.75) is 50.9 Å². The fourth-order valence-electron chi connectivity index (χ4n) is 3.00. The Kier molecular flexibility index (Phi) is 3.85. The summed E-state index contributed by atoms with van der Waals surface area (Å²) in [5.41, 5.74) is 1.81. The fourth-order valence-corrected chi connectivity index (χ4v) is 3.26. The lowest BCUT2D eigenvalue weighted by Gasteiger charge is -2.46. The van der Waals surface area contributed by atoms with Crippen LogP contribution >= 0.6 is 23.2 Å². The minimum Gasteiger partial charge on any atom is -0.305 e. The molecule has 0 aromatic heterocycles. The Bertz CT molecular complexity index is 511. The highest BCUT2D eigenvalue weighted by atomic mass is 35.5. The van der Waals surface area contributed by atoms with Crippen LogP contribution in [0.1, 0.15) is 45.6 Å². The number of alkyl halides is 1. The van der Waals surface area contributed by atoms with Crippen molar-refractivity contribution in [1.29, 1.82) is 0 Å². The van der Waals surface area contributed by atoms with Crippen LogP contribution in [0.5, 0.6) is 0 Å². The van der Waals surface area contributed by atoms with E-state index in [9.17, 15) is 4.79 Å². The maximum Gasteiger partial charge on any atom is 0.245 e. The number of halogens is 2. The van der Waals surface area contributed by atoms with Crippen molar-refractivity contribution < 1.29 is 4.79 Å². The van der Waals surface area contributed by atoms with Gasteiger partial charge in [0.1, 0.15) is 5.38 Å². The molecule has 0 radical (unpaired) electrons. The van der Waals surface area contributed by atoms with Crippen molar-refractivity contribution in [2.24, 2.45) is 0 Å². The molecule has 0 saturated carbocycles. The highest BCUT2D eigenvalue weighted by Crippen LogP contribution is 2.44. The largest absolute Gasteiger partial charge is 0.305 e. The lowest BCUT2D eigenvalue weighted by Crippen LogP contribution is -2.53. The molecule has 1 amide bonds. The number of carbonyl (C=O) groups is 1. The van der Waals surface area contributed by atoms with E-state index >= 15 is 0 Å². The van der Waals surface area contributed by atoms with E-state index in [1.165, 1.54) is 0 Å². The average molecular weight is 300 g/mol. The first-order chi connectivity index (χ1) is 8.74. The summed E-state index contributed by atoms with van der Waals surface area (Å²) in [6.07, 6.45) is 0.914. The molecule has 1 heterocycles. The molecule has 1 aliphatic heterocycles. The molecule has 1 aliphatic rings. The molecule has 0 aliphatic carbocycles. The van der Waals surface area contributed by atoms with Gasteiger partial charge in [-0.25, -0.2) is 0 Å². The van der Waals surface area contributed by atoms with Crippen LogP contribution in [0.4, 0.5) is 5.69 Å². The lowest BCUT2D eigenvalue weighted by molar-refractivity contribution is -0.119. The van der Waals surface area contributed by atoms with Crippen LogP contribution in [0, 0.1) is 0 Å². The normalized spacial score (nSPS) is 22.8. The van der Waals surface area contributed by atoms with Gasteiger partial charge in [0.15, 0.2) is 0 Å². The van der Waals surface area contributed by atoms with Crippen LogP contribution in [-0.2, 0) is 4.79 Å². The van der Waals surface area contributed by atoms with E-state index < -0.39 is 5.38 Å². The third-order valence-corrected chi connectivity index (χ3v) is 4.16. The summed E-state index contributed by atoms with van der Waals surface area (Å²) in [4.78, 5) is 14.3. The van der Waals surface area contributed by atoms with Crippen molar-refractivity contribution in [3.8, 4) is 0 Å². The first kappa shape index (κ1) is 14.7. The van der Waals surface area contributed by atoms with E-state index in [2.05, 4.69) is 20.8 Å². The predicted molar refractivity (Wildman–Crippen MR) is 81.4 cm³/mol. The van der Waals surface area contributed by atoms with Crippen LogP contribution < -0.4 is 4.90 Å². The van der Waals surface area contributed by atoms with Gasteiger partial charge >= 0.3 is 0 Å². The Morgan fingerprint density at radius 1 is 1.47 bits per heavy atom. The van der Waals surface area contributed by atoms with Gasteiger partial charge in [0.25, 0.3) is 0 Å². The molecule has 0 saturated heterocycles. The van der Waals surface area contributed by atoms with E-state index in [1.807, 2.05) is 23.1 Å². The number of amides is 1. The third kappa shape index (κ3) is 2.61. The van der Waals surface area contributed by atoms with Gasteiger partial charge in [-0.1, -0.05) is 24.6 Å². The van der Waals surface area contributed by atoms with Crippen molar-refractivity contribution in [2.75, 3.05) is 4.90 Å². The van der Waals surface area contributed by atoms with Gasteiger partial charge in [-0.2, -0.15) is 0 Å². The standard InChI is InChI=1S/C15H19Cl2NO/c1-9-8-15(3,4)18(14(19)10(2)16)13-7-11(17)5-6-12(9)13/h5-7,9-10H,8H2,1-4H3/t9-,10-/m1/s1. The second-order valence-electron chi connectivity index (χ2n) is 5.91. The number of nitrogens with zero attached hydrogens (tertiary/aromatic N) is 1. The molecule has 19 heavy (non-hydrogen) atoms. The molecule has 4 heteroatoms. The molecule has 0 spiro atoms. The number of benzene rings is 1. The second kappa shape index (κ2) is 4.99. The molecule has 2 atom stereocenters. The van der Waals surface area contributed by atoms with Gasteiger partial charge in [0.05, 0.1) is 0 Å². The number of anilines is 1. The first-order valence-electron chi connectivity index (χ1n) is 6.51. The van der Waals surface area contributed by atoms with Crippen molar-refractivity contribution >= 4 is 34.8 Å². The molecule has 1 aromatic rings. The second-order valence-corrected chi connectivity index (χ2v) is 7.00. The smallest absolute Gasteiger partial charge is 0.245 e. The Labute approximate surface area is 124 Å². The maximum absolute atomic E-state index is 12.4. The van der Waals surface area contributed by atoms with Gasteiger partial charge in [-0.3, -0.25) is 4.79 Å². The van der Waals surface area contributed by atoms with Gasteiger partial charge in [0, 0.05) is 16.2 Å². The Hall–Kier alpha value is -0.730. The van der Waals surface area contributed by atoms with Crippen LogP contribution in [0.25, 0.3) is 0 Å². The molecule has 0 fully saturated rings. The molecule has 0 unspecified atom stereocenters. The van der Waals surface area contributed by atoms with Crippen LogP contribution in [0.3, 0.4) is 0 Å². The molecule has 2 nitrogen and oxygen atoms in total. The zero-order chi connectivity index (χ0) is 14.4. The van der Waals surface area contributed by atoms with E-state index in [4.69, 9.17) is 23.2 Å². The summed E-state index contributed by atoms with van der Waals surface area (Å²) in [5.74, 6) is 0.332. The molecule has 0 bridgehead atoms. The van der Waals surface area contributed by atoms with Crippen molar-refractivity contribution in [3.05, 3.63) is 28.8 Å². The van der Waals surface area contributed by atoms with Gasteiger partial charge in [0.2, 0.25) is 5.91 Å². The average Bonchev–Trinajstić information content (AvgIpc) is 2.26. The van der Waals surface area contributed by atoms with Crippen LogP contribution in [-0.4, -0.2) is 16.8 Å². The van der Waals surface area contributed by atoms with Crippen molar-refractivity contribution in [1.82, 2.24) is 0 Å². The molecule has 2 rings (SSSR count). The highest BCUT2D eigenvalue weighted by Gasteiger charge is 2.40. The molecular weight excluding hydrogens is 281 g/mol. The minimum absolute atomic E-state index is 0.0675. The monoisotopic (exact) mass is 299 g/mol. The zero-order valence-corrected chi connectivity index (χ0v) is 13.2. The molecule has 104 valence electrons. The van der Waals surface area contributed by atoms with Gasteiger partial charge in [-0.15, -0.1) is 11.6 Å². The number of fused-ring (bicyclic) bond motifs is 1. The number of carbonyl (C=O) groups excluding carboxylic acids is 1. The summed E-state index contributed by atoms with van der Waals surface area (Å²) in [7, 11) is 0. The van der Waals surface area contributed by atoms with Crippen LogP contribution in [0.15, 0.2) is 18.2 Å². The summed E-state index contributed by atoms with van der Waals surface area (Å²) < 4.78 is 0. The quantitative estimate of drug-likeness (QED) is 0.695. The summed E-state index contributed by atoms with van der Waals surface area (Å²) in [6, 6.07) is 5.75. The summed E-state index contributed by atoms with van der Waals surface area (Å²) in [5, 5.41) is 0.100. The SMILES string of the molecule is C[C@@H]1CC(C)(C)N(C(=O)[C@@H](C)Cl)c2cc(Cl)ccc21. The summed E-state index contributed by atoms with van der Waals surface area (Å²) >= 11 is 12.1. The Balaban J connectivity index is 2.60. The van der Waals surface area contributed by atoms with Gasteiger partial charge < -0.3 is 4.90 Å². The number of rotatable bonds is 1. The van der Waals surface area contributed by atoms with Crippen molar-refractivity contribution in [3.63, 3.8) is 0 Å². The maximum atomic E-state index is 12.4. The van der Waals surface area contributed by atoms with E-state index in [0.29, 0.717) is 10.9 Å². The van der Waals surface area contributed by atoms with E-state index in [0.717, 1.165) is 17.7 Å². The lowest BCUT2D eigenvalue weighted by atomic mass is 9.80. The Morgan fingerprint density at radius 3 is 2.68 bits per heavy atom. The van der Waals surface area contributed by atoms with E-state index in [1.54, 1.807) is 6.92 Å². The first-order valence-corrected chi connectivity index (χ1v) is 7.33. The van der Waals surface area contributed by atoms with Gasteiger partial charge in [-0.05, 0) is 50.8 Å². The third-order valence-electron chi connectivity index (χ3n) is 3.74. The Morgan fingerprint density at radius 2 is 2.11 bits per heavy atom. The summed E-state index contributed by atoms with van der Waals surface area (Å²) in [6.45, 7) is 8.04. The predicted octanol–water partition coefficient (Wildman–Crippen LogP) is 4.59. The molecular formula is C15H19Cl2NO. The molecule has 1 aromatic carbocycles. The van der Waals surface area contributed by atoms with Crippen LogP contribution in [0.2, 0.25) is 5.02 Å². The highest BCUT2D eigenvalue weighted by molar-refractivity contribution is 6.33. The topological polar surface area (TPSA) is 20.3 Å². The number of hydrogen-bond donors (Lipinski definition) is 0. The minimum atomic E-state index is -0.542. The fraction of sp³-hybridized carbons (Fsp3) is 0.533. The molecule has 0 N–H and O–H groups in total. The number of hydrogen-bond acceptors (Lipinski definition) is 1. The van der Waals surface area contributed by atoms with E-state index in [-0.39, 0.29) is 11.4 Å². The zero-order valence-electron chi connectivity index (χ0n) is 11.7.